The van der Waals surface area contributed by atoms with Gasteiger partial charge in [0.1, 0.15) is 5.82 Å². The van der Waals surface area contributed by atoms with Gasteiger partial charge >= 0.3 is 0 Å². The van der Waals surface area contributed by atoms with Crippen LogP contribution in [0.1, 0.15) is 23.5 Å². The van der Waals surface area contributed by atoms with Crippen LogP contribution < -0.4 is 10.9 Å². The van der Waals surface area contributed by atoms with Gasteiger partial charge in [-0.1, -0.05) is 47.5 Å². The Morgan fingerprint density at radius 3 is 2.91 bits per heavy atom. The molecule has 2 heterocycles. The first-order valence-corrected chi connectivity index (χ1v) is 8.21. The molecular weight excluding hydrogens is 334 g/mol. The average Bonchev–Trinajstić information content (AvgIpc) is 2.52. The number of aromatic amines is 1. The number of hydrogen-bond donors (Lipinski definition) is 2. The van der Waals surface area contributed by atoms with E-state index in [2.05, 4.69) is 21.2 Å². The zero-order valence-corrected chi connectivity index (χ0v) is 13.5. The number of rotatable bonds is 3. The number of amides is 1. The minimum atomic E-state index is -0.421. The van der Waals surface area contributed by atoms with Crippen LogP contribution in [0.4, 0.5) is 5.82 Å². The molecule has 1 aromatic carbocycles. The lowest BCUT2D eigenvalue weighted by Gasteiger charge is -2.25. The summed E-state index contributed by atoms with van der Waals surface area (Å²) in [6.45, 7) is 0. The molecule has 1 aliphatic rings. The van der Waals surface area contributed by atoms with Gasteiger partial charge in [0.2, 0.25) is 5.91 Å². The Morgan fingerprint density at radius 1 is 1.39 bits per heavy atom. The van der Waals surface area contributed by atoms with Crippen molar-refractivity contribution in [3.8, 4) is 12.3 Å². The number of nitrogens with zero attached hydrogens (tertiary/aromatic N) is 1. The van der Waals surface area contributed by atoms with Crippen molar-refractivity contribution < 1.29 is 4.79 Å². The molecule has 1 amide bonds. The fraction of sp³-hybridized carbons (Fsp3) is 0.188. The van der Waals surface area contributed by atoms with Gasteiger partial charge in [0.05, 0.1) is 11.3 Å². The summed E-state index contributed by atoms with van der Waals surface area (Å²) in [5.74, 6) is 2.49. The van der Waals surface area contributed by atoms with E-state index in [1.807, 2.05) is 12.1 Å². The second-order valence-electron chi connectivity index (χ2n) is 4.95. The fourth-order valence-electron chi connectivity index (χ4n) is 2.55. The lowest BCUT2D eigenvalue weighted by molar-refractivity contribution is -0.116. The van der Waals surface area contributed by atoms with Crippen LogP contribution in [0.3, 0.4) is 0 Å². The third-order valence-corrected chi connectivity index (χ3v) is 4.62. The molecule has 3 rings (SSSR count). The van der Waals surface area contributed by atoms with Crippen LogP contribution in [0.25, 0.3) is 0 Å². The van der Waals surface area contributed by atoms with Crippen molar-refractivity contribution in [1.29, 1.82) is 0 Å². The molecule has 0 spiro atoms. The molecule has 0 aliphatic carbocycles. The predicted molar refractivity (Wildman–Crippen MR) is 91.0 cm³/mol. The van der Waals surface area contributed by atoms with Crippen molar-refractivity contribution in [2.24, 2.45) is 0 Å². The van der Waals surface area contributed by atoms with Gasteiger partial charge in [0.15, 0.2) is 5.16 Å². The van der Waals surface area contributed by atoms with Gasteiger partial charge < -0.3 is 10.3 Å². The molecule has 1 aliphatic heterocycles. The Kier molecular flexibility index (Phi) is 4.42. The number of thioether (sulfide) groups is 1. The highest BCUT2D eigenvalue weighted by Crippen LogP contribution is 2.37. The van der Waals surface area contributed by atoms with Crippen molar-refractivity contribution in [1.82, 2.24) is 9.97 Å². The van der Waals surface area contributed by atoms with Crippen molar-refractivity contribution in [2.75, 3.05) is 11.1 Å². The monoisotopic (exact) mass is 345 g/mol. The Hall–Kier alpha value is -2.23. The third kappa shape index (κ3) is 3.11. The maximum absolute atomic E-state index is 12.5. The summed E-state index contributed by atoms with van der Waals surface area (Å²) in [5.41, 5.74) is 0.865. The molecule has 116 valence electrons. The number of halogens is 1. The standard InChI is InChI=1S/C16H12ClN3O2S/c1-2-7-23-16-19-14-13(15(22)20-16)10(8-12(21)18-14)9-5-3-4-6-11(9)17/h1,3-6,10H,7-8H2,(H2,18,19,20,21,22)/t10-/m1/s1. The number of fused-ring (bicyclic) bond motifs is 1. The Labute approximate surface area is 141 Å². The van der Waals surface area contributed by atoms with Crippen molar-refractivity contribution >= 4 is 35.1 Å². The molecule has 0 fully saturated rings. The van der Waals surface area contributed by atoms with Crippen LogP contribution in [-0.4, -0.2) is 21.6 Å². The van der Waals surface area contributed by atoms with Crippen LogP contribution in [-0.2, 0) is 4.79 Å². The van der Waals surface area contributed by atoms with E-state index in [9.17, 15) is 9.59 Å². The Morgan fingerprint density at radius 2 is 2.17 bits per heavy atom. The van der Waals surface area contributed by atoms with Gasteiger partial charge in [-0.2, -0.15) is 0 Å². The zero-order chi connectivity index (χ0) is 16.4. The van der Waals surface area contributed by atoms with Crippen molar-refractivity contribution in [3.05, 3.63) is 50.8 Å². The first kappa shape index (κ1) is 15.7. The summed E-state index contributed by atoms with van der Waals surface area (Å²) in [7, 11) is 0. The van der Waals surface area contributed by atoms with Crippen molar-refractivity contribution in [2.45, 2.75) is 17.5 Å². The summed E-state index contributed by atoms with van der Waals surface area (Å²) in [5, 5.41) is 3.56. The van der Waals surface area contributed by atoms with E-state index >= 15 is 0 Å². The van der Waals surface area contributed by atoms with Crippen LogP contribution in [0.15, 0.2) is 34.2 Å². The number of anilines is 1. The molecule has 1 aromatic heterocycles. The van der Waals surface area contributed by atoms with E-state index in [1.54, 1.807) is 12.1 Å². The minimum Gasteiger partial charge on any atom is -0.310 e. The van der Waals surface area contributed by atoms with E-state index in [0.717, 1.165) is 5.56 Å². The SMILES string of the molecule is C#CCSc1nc2c(c(=O)[nH]1)[C@@H](c1ccccc1Cl)CC(=O)N2. The summed E-state index contributed by atoms with van der Waals surface area (Å²) in [6.07, 6.45) is 5.37. The zero-order valence-electron chi connectivity index (χ0n) is 11.9. The number of hydrogen-bond acceptors (Lipinski definition) is 4. The smallest absolute Gasteiger partial charge is 0.257 e. The number of H-pyrrole nitrogens is 1. The molecule has 0 saturated heterocycles. The molecule has 2 N–H and O–H groups in total. The number of nitrogens with one attached hydrogen (secondary N) is 2. The van der Waals surface area contributed by atoms with Gasteiger partial charge in [0, 0.05) is 17.4 Å². The van der Waals surface area contributed by atoms with Gasteiger partial charge in [-0.25, -0.2) is 4.98 Å². The molecule has 1 atom stereocenters. The van der Waals surface area contributed by atoms with Gasteiger partial charge in [0.25, 0.3) is 5.56 Å². The summed E-state index contributed by atoms with van der Waals surface area (Å²) >= 11 is 7.46. The quantitative estimate of drug-likeness (QED) is 0.509. The maximum atomic E-state index is 12.5. The van der Waals surface area contributed by atoms with Crippen molar-refractivity contribution in [3.63, 3.8) is 0 Å². The topological polar surface area (TPSA) is 74.8 Å². The second kappa shape index (κ2) is 6.49. The van der Waals surface area contributed by atoms with E-state index in [4.69, 9.17) is 18.0 Å². The molecule has 0 radical (unpaired) electrons. The average molecular weight is 346 g/mol. The molecule has 0 bridgehead atoms. The van der Waals surface area contributed by atoms with Gasteiger partial charge in [-0.05, 0) is 11.6 Å². The first-order valence-electron chi connectivity index (χ1n) is 6.85. The molecule has 0 saturated carbocycles. The number of terminal acetylenes is 1. The number of carbonyl (C=O) groups is 1. The van der Waals surface area contributed by atoms with Crippen LogP contribution in [0.5, 0.6) is 0 Å². The largest absolute Gasteiger partial charge is 0.310 e. The van der Waals surface area contributed by atoms with Crippen LogP contribution >= 0.6 is 23.4 Å². The highest BCUT2D eigenvalue weighted by atomic mass is 35.5. The van der Waals surface area contributed by atoms with Gasteiger partial charge in [-0.3, -0.25) is 9.59 Å². The van der Waals surface area contributed by atoms with E-state index in [-0.39, 0.29) is 23.7 Å². The highest BCUT2D eigenvalue weighted by molar-refractivity contribution is 7.99. The summed E-state index contributed by atoms with van der Waals surface area (Å²) in [6, 6.07) is 7.18. The predicted octanol–water partition coefficient (Wildman–Crippen LogP) is 2.62. The fourth-order valence-corrected chi connectivity index (χ4v) is 3.36. The highest BCUT2D eigenvalue weighted by Gasteiger charge is 2.31. The van der Waals surface area contributed by atoms with Crippen LogP contribution in [0, 0.1) is 12.3 Å². The number of aromatic nitrogens is 2. The second-order valence-corrected chi connectivity index (χ2v) is 6.32. The first-order chi connectivity index (χ1) is 11.1. The van der Waals surface area contributed by atoms with E-state index in [0.29, 0.717) is 21.5 Å². The Bertz CT molecular complexity index is 872. The van der Waals surface area contributed by atoms with E-state index < -0.39 is 5.92 Å². The molecular formula is C16H12ClN3O2S. The molecule has 2 aromatic rings. The number of benzene rings is 1. The lowest BCUT2D eigenvalue weighted by Crippen LogP contribution is -2.31. The van der Waals surface area contributed by atoms with Gasteiger partial charge in [-0.15, -0.1) is 6.42 Å². The molecule has 5 nitrogen and oxygen atoms in total. The molecule has 7 heteroatoms. The lowest BCUT2D eigenvalue weighted by atomic mass is 9.87. The summed E-state index contributed by atoms with van der Waals surface area (Å²) in [4.78, 5) is 31.5. The maximum Gasteiger partial charge on any atom is 0.257 e. The Balaban J connectivity index is 2.11. The van der Waals surface area contributed by atoms with E-state index in [1.165, 1.54) is 11.8 Å². The molecule has 23 heavy (non-hydrogen) atoms. The number of carbonyl (C=O) groups excluding carboxylic acids is 1. The molecule has 0 unspecified atom stereocenters. The normalized spacial score (nSPS) is 16.3. The third-order valence-electron chi connectivity index (χ3n) is 3.50. The summed E-state index contributed by atoms with van der Waals surface area (Å²) < 4.78 is 0. The minimum absolute atomic E-state index is 0.151. The van der Waals surface area contributed by atoms with Crippen LogP contribution in [0.2, 0.25) is 5.02 Å².